The fourth-order valence-electron chi connectivity index (χ4n) is 2.01. The molecule has 1 unspecified atom stereocenters. The third kappa shape index (κ3) is 3.39. The lowest BCUT2D eigenvalue weighted by Crippen LogP contribution is -2.29. The van der Waals surface area contributed by atoms with Crippen LogP contribution in [0.3, 0.4) is 0 Å². The van der Waals surface area contributed by atoms with Crippen LogP contribution < -0.4 is 0 Å². The van der Waals surface area contributed by atoms with Gasteiger partial charge in [0.15, 0.2) is 4.77 Å². The van der Waals surface area contributed by atoms with Gasteiger partial charge in [0.05, 0.1) is 6.04 Å². The molecule has 0 radical (unpaired) electrons. The first-order valence-corrected chi connectivity index (χ1v) is 6.57. The molecule has 1 heterocycles. The van der Waals surface area contributed by atoms with Crippen LogP contribution in [0.25, 0.3) is 0 Å². The Morgan fingerprint density at radius 2 is 1.88 bits per heavy atom. The van der Waals surface area contributed by atoms with E-state index in [1.807, 2.05) is 0 Å². The van der Waals surface area contributed by atoms with Crippen molar-refractivity contribution in [1.82, 2.24) is 19.7 Å². The summed E-state index contributed by atoms with van der Waals surface area (Å²) in [6.07, 6.45) is 0. The molecule has 0 aliphatic heterocycles. The molecule has 17 heavy (non-hydrogen) atoms. The summed E-state index contributed by atoms with van der Waals surface area (Å²) in [6, 6.07) is 0.369. The first kappa shape index (κ1) is 14.4. The molecular weight excluding hydrogens is 232 g/mol. The van der Waals surface area contributed by atoms with E-state index in [4.69, 9.17) is 12.2 Å². The number of aromatic nitrogens is 3. The summed E-state index contributed by atoms with van der Waals surface area (Å²) in [6.45, 7) is 9.73. The van der Waals surface area contributed by atoms with Crippen molar-refractivity contribution in [2.24, 2.45) is 5.92 Å². The van der Waals surface area contributed by atoms with Gasteiger partial charge in [-0.2, -0.15) is 5.10 Å². The van der Waals surface area contributed by atoms with Gasteiger partial charge in [-0.1, -0.05) is 27.7 Å². The summed E-state index contributed by atoms with van der Waals surface area (Å²) in [5.74, 6) is 1.96. The molecule has 1 rings (SSSR count). The van der Waals surface area contributed by atoms with Crippen molar-refractivity contribution in [3.8, 4) is 0 Å². The number of rotatable bonds is 5. The molecule has 0 bridgehead atoms. The number of nitrogens with zero attached hydrogens (tertiary/aromatic N) is 3. The largest absolute Gasteiger partial charge is 0.307 e. The first-order valence-electron chi connectivity index (χ1n) is 6.16. The van der Waals surface area contributed by atoms with Gasteiger partial charge < -0.3 is 4.90 Å². The van der Waals surface area contributed by atoms with E-state index in [0.29, 0.717) is 17.9 Å². The predicted molar refractivity (Wildman–Crippen MR) is 73.9 cm³/mol. The Balaban J connectivity index is 3.17. The van der Waals surface area contributed by atoms with Crippen LogP contribution in [0.5, 0.6) is 0 Å². The Hall–Kier alpha value is -0.680. The summed E-state index contributed by atoms with van der Waals surface area (Å²) in [7, 11) is 4.18. The van der Waals surface area contributed by atoms with Crippen LogP contribution in [0.2, 0.25) is 0 Å². The number of H-pyrrole nitrogens is 1. The number of hydrogen-bond acceptors (Lipinski definition) is 3. The van der Waals surface area contributed by atoms with Crippen LogP contribution >= 0.6 is 12.2 Å². The molecule has 1 aromatic rings. The van der Waals surface area contributed by atoms with E-state index in [9.17, 15) is 0 Å². The molecule has 0 saturated heterocycles. The highest BCUT2D eigenvalue weighted by Crippen LogP contribution is 2.23. The minimum absolute atomic E-state index is 0.369. The summed E-state index contributed by atoms with van der Waals surface area (Å²) < 4.78 is 2.92. The van der Waals surface area contributed by atoms with E-state index in [2.05, 4.69) is 61.5 Å². The second kappa shape index (κ2) is 5.78. The third-order valence-corrected chi connectivity index (χ3v) is 3.19. The highest BCUT2D eigenvalue weighted by atomic mass is 32.1. The monoisotopic (exact) mass is 256 g/mol. The van der Waals surface area contributed by atoms with Gasteiger partial charge in [0.2, 0.25) is 0 Å². The van der Waals surface area contributed by atoms with Gasteiger partial charge in [-0.15, -0.1) is 0 Å². The van der Waals surface area contributed by atoms with Gasteiger partial charge in [0.25, 0.3) is 0 Å². The molecule has 1 atom stereocenters. The van der Waals surface area contributed by atoms with Crippen molar-refractivity contribution in [2.75, 3.05) is 20.6 Å². The van der Waals surface area contributed by atoms with Gasteiger partial charge in [-0.05, 0) is 32.2 Å². The topological polar surface area (TPSA) is 36.9 Å². The Kier molecular flexibility index (Phi) is 4.89. The van der Waals surface area contributed by atoms with Crippen LogP contribution in [0.15, 0.2) is 0 Å². The molecule has 1 aromatic heterocycles. The molecule has 0 aliphatic carbocycles. The molecule has 0 saturated carbocycles. The maximum absolute atomic E-state index is 5.37. The van der Waals surface area contributed by atoms with E-state index in [1.165, 1.54) is 0 Å². The average Bonchev–Trinajstić information content (AvgIpc) is 2.56. The number of aromatic amines is 1. The predicted octanol–water partition coefficient (Wildman–Crippen LogP) is 2.82. The lowest BCUT2D eigenvalue weighted by atomic mass is 10.0. The highest BCUT2D eigenvalue weighted by molar-refractivity contribution is 7.71. The zero-order valence-corrected chi connectivity index (χ0v) is 12.5. The van der Waals surface area contributed by atoms with Crippen molar-refractivity contribution >= 4 is 12.2 Å². The van der Waals surface area contributed by atoms with Gasteiger partial charge >= 0.3 is 0 Å². The van der Waals surface area contributed by atoms with E-state index >= 15 is 0 Å². The molecule has 98 valence electrons. The minimum atomic E-state index is 0.369. The van der Waals surface area contributed by atoms with Crippen LogP contribution in [-0.4, -0.2) is 40.3 Å². The molecule has 4 nitrogen and oxygen atoms in total. The fraction of sp³-hybridized carbons (Fsp3) is 0.833. The number of hydrogen-bond donors (Lipinski definition) is 1. The second-order valence-electron chi connectivity index (χ2n) is 5.49. The summed E-state index contributed by atoms with van der Waals surface area (Å²) in [5.41, 5.74) is 0. The summed E-state index contributed by atoms with van der Waals surface area (Å²) in [5, 5.41) is 7.28. The van der Waals surface area contributed by atoms with Gasteiger partial charge in [-0.3, -0.25) is 9.67 Å². The SMILES string of the molecule is CC(C)c1n[nH]c(=S)n1C(CN(C)C)C(C)C. The normalized spacial score (nSPS) is 13.9. The average molecular weight is 256 g/mol. The van der Waals surface area contributed by atoms with Crippen molar-refractivity contribution in [3.63, 3.8) is 0 Å². The Bertz CT molecular complexity index is 403. The van der Waals surface area contributed by atoms with Gasteiger partial charge in [-0.25, -0.2) is 0 Å². The highest BCUT2D eigenvalue weighted by Gasteiger charge is 2.22. The van der Waals surface area contributed by atoms with E-state index in [0.717, 1.165) is 17.1 Å². The van der Waals surface area contributed by atoms with Crippen LogP contribution in [-0.2, 0) is 0 Å². The molecule has 1 N–H and O–H groups in total. The lowest BCUT2D eigenvalue weighted by molar-refractivity contribution is 0.261. The molecule has 0 aliphatic rings. The maximum Gasteiger partial charge on any atom is 0.195 e. The Morgan fingerprint density at radius 1 is 1.29 bits per heavy atom. The Labute approximate surface area is 109 Å². The van der Waals surface area contributed by atoms with Crippen LogP contribution in [0.1, 0.15) is 45.5 Å². The van der Waals surface area contributed by atoms with Gasteiger partial charge in [0, 0.05) is 12.5 Å². The lowest BCUT2D eigenvalue weighted by Gasteiger charge is -2.27. The smallest absolute Gasteiger partial charge is 0.195 e. The molecule has 0 aromatic carbocycles. The van der Waals surface area contributed by atoms with Crippen molar-refractivity contribution in [2.45, 2.75) is 39.7 Å². The molecular formula is C12H24N4S. The molecule has 0 spiro atoms. The van der Waals surface area contributed by atoms with Gasteiger partial charge in [0.1, 0.15) is 5.82 Å². The van der Waals surface area contributed by atoms with E-state index in [1.54, 1.807) is 0 Å². The van der Waals surface area contributed by atoms with Crippen molar-refractivity contribution in [3.05, 3.63) is 10.6 Å². The first-order chi connectivity index (χ1) is 7.84. The maximum atomic E-state index is 5.37. The molecule has 0 amide bonds. The van der Waals surface area contributed by atoms with E-state index in [-0.39, 0.29) is 0 Å². The van der Waals surface area contributed by atoms with Crippen molar-refractivity contribution in [1.29, 1.82) is 0 Å². The van der Waals surface area contributed by atoms with E-state index < -0.39 is 0 Å². The summed E-state index contributed by atoms with van der Waals surface area (Å²) in [4.78, 5) is 2.20. The number of likely N-dealkylation sites (N-methyl/N-ethyl adjacent to an activating group) is 1. The molecule has 5 heteroatoms. The minimum Gasteiger partial charge on any atom is -0.307 e. The third-order valence-electron chi connectivity index (χ3n) is 2.90. The fourth-order valence-corrected chi connectivity index (χ4v) is 2.28. The molecule has 0 fully saturated rings. The second-order valence-corrected chi connectivity index (χ2v) is 5.87. The number of nitrogens with one attached hydrogen (secondary N) is 1. The zero-order chi connectivity index (χ0) is 13.2. The van der Waals surface area contributed by atoms with Crippen LogP contribution in [0.4, 0.5) is 0 Å². The summed E-state index contributed by atoms with van der Waals surface area (Å²) >= 11 is 5.37. The Morgan fingerprint density at radius 3 is 2.29 bits per heavy atom. The quantitative estimate of drug-likeness (QED) is 0.823. The standard InChI is InChI=1S/C12H24N4S/c1-8(2)10(7-15(5)6)16-11(9(3)4)13-14-12(16)17/h8-10H,7H2,1-6H3,(H,14,17). The van der Waals surface area contributed by atoms with Crippen molar-refractivity contribution < 1.29 is 0 Å². The zero-order valence-electron chi connectivity index (χ0n) is 11.7. The van der Waals surface area contributed by atoms with Crippen LogP contribution in [0, 0.1) is 10.7 Å².